The SMILES string of the molecule is O=c1ccc2ccc(OCCCN3CCN(c4cccc(F)n4)CC3)cc2o1. The number of aromatic nitrogens is 1. The van der Waals surface area contributed by atoms with E-state index in [4.69, 9.17) is 9.15 Å². The standard InChI is InChI=1S/C21H22FN3O3/c22-19-3-1-4-20(23-19)25-12-10-24(11-13-25)9-2-14-27-17-7-5-16-6-8-21(26)28-18(16)15-17/h1,3-8,15H,2,9-14H2. The zero-order valence-electron chi connectivity index (χ0n) is 15.5. The normalized spacial score (nSPS) is 15.1. The van der Waals surface area contributed by atoms with E-state index in [-0.39, 0.29) is 5.63 Å². The summed E-state index contributed by atoms with van der Waals surface area (Å²) in [5, 5.41) is 0.873. The predicted molar refractivity (Wildman–Crippen MR) is 105 cm³/mol. The summed E-state index contributed by atoms with van der Waals surface area (Å²) in [6, 6.07) is 13.6. The molecule has 28 heavy (non-hydrogen) atoms. The summed E-state index contributed by atoms with van der Waals surface area (Å²) in [5.74, 6) is 0.958. The summed E-state index contributed by atoms with van der Waals surface area (Å²) in [4.78, 5) is 19.8. The highest BCUT2D eigenvalue weighted by atomic mass is 19.1. The summed E-state index contributed by atoms with van der Waals surface area (Å²) in [5.41, 5.74) is 0.171. The lowest BCUT2D eigenvalue weighted by atomic mass is 10.2. The Morgan fingerprint density at radius 1 is 1.07 bits per heavy atom. The fourth-order valence-electron chi connectivity index (χ4n) is 3.38. The van der Waals surface area contributed by atoms with Crippen LogP contribution in [0.2, 0.25) is 0 Å². The molecule has 146 valence electrons. The van der Waals surface area contributed by atoms with Gasteiger partial charge < -0.3 is 14.1 Å². The van der Waals surface area contributed by atoms with Crippen molar-refractivity contribution in [1.82, 2.24) is 9.88 Å². The molecule has 1 aliphatic rings. The number of ether oxygens (including phenoxy) is 1. The number of hydrogen-bond donors (Lipinski definition) is 0. The number of halogens is 1. The average molecular weight is 383 g/mol. The molecule has 3 heterocycles. The first kappa shape index (κ1) is 18.4. The van der Waals surface area contributed by atoms with Gasteiger partial charge in [0.1, 0.15) is 17.2 Å². The van der Waals surface area contributed by atoms with Crippen molar-refractivity contribution in [3.8, 4) is 5.75 Å². The minimum Gasteiger partial charge on any atom is -0.493 e. The fourth-order valence-corrected chi connectivity index (χ4v) is 3.38. The van der Waals surface area contributed by atoms with Crippen LogP contribution in [-0.2, 0) is 0 Å². The van der Waals surface area contributed by atoms with Gasteiger partial charge in [0, 0.05) is 50.2 Å². The van der Waals surface area contributed by atoms with E-state index in [1.54, 1.807) is 18.2 Å². The molecule has 0 unspecified atom stereocenters. The second-order valence-corrected chi connectivity index (χ2v) is 6.80. The van der Waals surface area contributed by atoms with Gasteiger partial charge in [-0.2, -0.15) is 4.39 Å². The highest BCUT2D eigenvalue weighted by molar-refractivity contribution is 5.77. The maximum atomic E-state index is 13.3. The lowest BCUT2D eigenvalue weighted by Crippen LogP contribution is -2.47. The van der Waals surface area contributed by atoms with Crippen molar-refractivity contribution in [1.29, 1.82) is 0 Å². The molecule has 6 nitrogen and oxygen atoms in total. The Morgan fingerprint density at radius 3 is 2.71 bits per heavy atom. The largest absolute Gasteiger partial charge is 0.493 e. The summed E-state index contributed by atoms with van der Waals surface area (Å²) in [6.07, 6.45) is 0.898. The lowest BCUT2D eigenvalue weighted by molar-refractivity contribution is 0.224. The molecule has 3 aromatic rings. The van der Waals surface area contributed by atoms with E-state index in [2.05, 4.69) is 14.8 Å². The second-order valence-electron chi connectivity index (χ2n) is 6.80. The number of piperazine rings is 1. The Morgan fingerprint density at radius 2 is 1.89 bits per heavy atom. The van der Waals surface area contributed by atoms with Crippen LogP contribution in [0.4, 0.5) is 10.2 Å². The first-order valence-electron chi connectivity index (χ1n) is 9.44. The highest BCUT2D eigenvalue weighted by Gasteiger charge is 2.17. The lowest BCUT2D eigenvalue weighted by Gasteiger charge is -2.35. The van der Waals surface area contributed by atoms with Gasteiger partial charge in [0.2, 0.25) is 5.95 Å². The van der Waals surface area contributed by atoms with Crippen LogP contribution >= 0.6 is 0 Å². The maximum absolute atomic E-state index is 13.3. The molecule has 0 saturated carbocycles. The summed E-state index contributed by atoms with van der Waals surface area (Å²) in [6.45, 7) is 5.03. The molecule has 0 amide bonds. The Labute approximate surface area is 162 Å². The zero-order chi connectivity index (χ0) is 19.3. The summed E-state index contributed by atoms with van der Waals surface area (Å²) < 4.78 is 24.2. The third kappa shape index (κ3) is 4.48. The first-order valence-corrected chi connectivity index (χ1v) is 9.44. The molecule has 0 atom stereocenters. The van der Waals surface area contributed by atoms with E-state index in [9.17, 15) is 9.18 Å². The first-order chi connectivity index (χ1) is 13.7. The number of pyridine rings is 1. The number of hydrogen-bond acceptors (Lipinski definition) is 6. The van der Waals surface area contributed by atoms with Crippen LogP contribution in [0.15, 0.2) is 57.7 Å². The van der Waals surface area contributed by atoms with Gasteiger partial charge in [-0.05, 0) is 36.8 Å². The second kappa shape index (κ2) is 8.39. The van der Waals surface area contributed by atoms with Gasteiger partial charge in [-0.15, -0.1) is 0 Å². The van der Waals surface area contributed by atoms with Crippen LogP contribution in [-0.4, -0.2) is 49.2 Å². The number of nitrogens with zero attached hydrogens (tertiary/aromatic N) is 3. The molecule has 0 bridgehead atoms. The molecule has 4 rings (SSSR count). The summed E-state index contributed by atoms with van der Waals surface area (Å²) in [7, 11) is 0. The number of benzene rings is 1. The van der Waals surface area contributed by atoms with E-state index in [0.29, 0.717) is 23.8 Å². The Kier molecular flexibility index (Phi) is 5.53. The minimum absolute atomic E-state index is 0.364. The van der Waals surface area contributed by atoms with Gasteiger partial charge in [0.05, 0.1) is 6.61 Å². The molecule has 0 aliphatic carbocycles. The molecule has 1 aliphatic heterocycles. The molecule has 1 saturated heterocycles. The average Bonchev–Trinajstić information content (AvgIpc) is 2.71. The summed E-state index contributed by atoms with van der Waals surface area (Å²) >= 11 is 0. The van der Waals surface area contributed by atoms with Crippen LogP contribution in [0.3, 0.4) is 0 Å². The van der Waals surface area contributed by atoms with E-state index in [1.165, 1.54) is 12.1 Å². The van der Waals surface area contributed by atoms with Crippen molar-refractivity contribution in [2.24, 2.45) is 0 Å². The molecular formula is C21H22FN3O3. The minimum atomic E-state index is -0.440. The van der Waals surface area contributed by atoms with Crippen LogP contribution in [0.1, 0.15) is 6.42 Å². The van der Waals surface area contributed by atoms with Crippen molar-refractivity contribution in [2.45, 2.75) is 6.42 Å². The van der Waals surface area contributed by atoms with Gasteiger partial charge in [0.15, 0.2) is 0 Å². The zero-order valence-corrected chi connectivity index (χ0v) is 15.5. The molecule has 0 radical (unpaired) electrons. The van der Waals surface area contributed by atoms with E-state index < -0.39 is 5.95 Å². The van der Waals surface area contributed by atoms with Gasteiger partial charge in [-0.3, -0.25) is 4.90 Å². The molecule has 2 aromatic heterocycles. The number of fused-ring (bicyclic) bond motifs is 1. The molecule has 1 aromatic carbocycles. The van der Waals surface area contributed by atoms with Crippen LogP contribution in [0.5, 0.6) is 5.75 Å². The van der Waals surface area contributed by atoms with Crippen LogP contribution in [0.25, 0.3) is 11.0 Å². The van der Waals surface area contributed by atoms with Crippen molar-refractivity contribution in [2.75, 3.05) is 44.2 Å². The van der Waals surface area contributed by atoms with Gasteiger partial charge >= 0.3 is 5.63 Å². The molecule has 1 fully saturated rings. The smallest absolute Gasteiger partial charge is 0.336 e. The van der Waals surface area contributed by atoms with Crippen molar-refractivity contribution in [3.05, 3.63) is 64.9 Å². The molecule has 0 spiro atoms. The Hall–Kier alpha value is -2.93. The monoisotopic (exact) mass is 383 g/mol. The fraction of sp³-hybridized carbons (Fsp3) is 0.333. The molecular weight excluding hydrogens is 361 g/mol. The topological polar surface area (TPSA) is 58.8 Å². The van der Waals surface area contributed by atoms with Crippen molar-refractivity contribution < 1.29 is 13.5 Å². The van der Waals surface area contributed by atoms with Crippen LogP contribution < -0.4 is 15.3 Å². The van der Waals surface area contributed by atoms with Gasteiger partial charge in [0.25, 0.3) is 0 Å². The van der Waals surface area contributed by atoms with Crippen LogP contribution in [0, 0.1) is 5.95 Å². The number of rotatable bonds is 6. The number of anilines is 1. The third-order valence-corrected chi connectivity index (χ3v) is 4.88. The quantitative estimate of drug-likeness (QED) is 0.371. The Bertz CT molecular complexity index is 999. The third-order valence-electron chi connectivity index (χ3n) is 4.88. The van der Waals surface area contributed by atoms with E-state index >= 15 is 0 Å². The van der Waals surface area contributed by atoms with Gasteiger partial charge in [-0.25, -0.2) is 9.78 Å². The molecule has 7 heteroatoms. The predicted octanol–water partition coefficient (Wildman–Crippen LogP) is 2.92. The Balaban J connectivity index is 1.21. The van der Waals surface area contributed by atoms with E-state index in [1.807, 2.05) is 18.2 Å². The van der Waals surface area contributed by atoms with E-state index in [0.717, 1.165) is 44.5 Å². The maximum Gasteiger partial charge on any atom is 0.336 e. The van der Waals surface area contributed by atoms with Crippen molar-refractivity contribution >= 4 is 16.8 Å². The van der Waals surface area contributed by atoms with Crippen molar-refractivity contribution in [3.63, 3.8) is 0 Å². The van der Waals surface area contributed by atoms with Gasteiger partial charge in [-0.1, -0.05) is 6.07 Å². The molecule has 0 N–H and O–H groups in total. The highest BCUT2D eigenvalue weighted by Crippen LogP contribution is 2.19.